The van der Waals surface area contributed by atoms with Crippen LogP contribution in [0, 0.1) is 0 Å². The number of amides is 1. The largest absolute Gasteiger partial charge is 0.397 e. The molecule has 0 saturated carbocycles. The molecule has 0 saturated heterocycles. The highest BCUT2D eigenvalue weighted by Gasteiger charge is 2.30. The van der Waals surface area contributed by atoms with Crippen molar-refractivity contribution in [3.8, 4) is 10.4 Å². The molecule has 0 spiro atoms. The first-order valence-electron chi connectivity index (χ1n) is 9.89. The third kappa shape index (κ3) is 4.84. The number of nitrogens with one attached hydrogen (secondary N) is 1. The lowest BCUT2D eigenvalue weighted by molar-refractivity contribution is 0.102. The molecule has 0 radical (unpaired) electrons. The molecule has 3 atom stereocenters. The van der Waals surface area contributed by atoms with Gasteiger partial charge in [-0.2, -0.15) is 0 Å². The Hall–Kier alpha value is -2.40. The molecule has 30 heavy (non-hydrogen) atoms. The molecule has 7 heteroatoms. The molecule has 0 aliphatic rings. The number of anilines is 2. The fourth-order valence-corrected chi connectivity index (χ4v) is 5.48. The molecule has 1 amide bonds. The molecule has 0 bridgehead atoms. The number of carbonyl (C=O) groups excluding carboxylic acids is 1. The van der Waals surface area contributed by atoms with Gasteiger partial charge in [-0.15, -0.1) is 11.3 Å². The van der Waals surface area contributed by atoms with E-state index in [2.05, 4.69) is 5.32 Å². The van der Waals surface area contributed by atoms with E-state index in [1.807, 2.05) is 48.7 Å². The molecule has 1 heterocycles. The van der Waals surface area contributed by atoms with E-state index in [-0.39, 0.29) is 23.6 Å². The van der Waals surface area contributed by atoms with E-state index >= 15 is 0 Å². The predicted octanol–water partition coefficient (Wildman–Crippen LogP) is 6.03. The molecule has 2 aromatic carbocycles. The fraction of sp³-hybridized carbons (Fsp3) is 0.261. The van der Waals surface area contributed by atoms with Crippen LogP contribution in [0.15, 0.2) is 60.0 Å². The van der Waals surface area contributed by atoms with Gasteiger partial charge in [0.1, 0.15) is 0 Å². The second-order valence-corrected chi connectivity index (χ2v) is 11.4. The summed E-state index contributed by atoms with van der Waals surface area (Å²) in [5, 5.41) is 4.89. The normalized spacial score (nSPS) is 15.2. The smallest absolute Gasteiger partial charge is 0.255 e. The molecular weight excluding hydrogens is 415 g/mol. The molecule has 3 unspecified atom stereocenters. The Morgan fingerprint density at radius 2 is 1.87 bits per heavy atom. The minimum Gasteiger partial charge on any atom is -0.397 e. The van der Waals surface area contributed by atoms with E-state index in [4.69, 9.17) is 5.73 Å². The minimum atomic E-state index is -3.19. The number of hydrogen-bond donors (Lipinski definition) is 3. The summed E-state index contributed by atoms with van der Waals surface area (Å²) >= 11 is 1.62. The van der Waals surface area contributed by atoms with Gasteiger partial charge >= 0.3 is 0 Å². The van der Waals surface area contributed by atoms with E-state index in [1.54, 1.807) is 43.4 Å². The lowest BCUT2D eigenvalue weighted by Crippen LogP contribution is -2.15. The summed E-state index contributed by atoms with van der Waals surface area (Å²) < 4.78 is 12.3. The lowest BCUT2D eigenvalue weighted by Gasteiger charge is -2.24. The van der Waals surface area contributed by atoms with Crippen LogP contribution in [0.4, 0.5) is 11.4 Å². The number of hydrogen-bond acceptors (Lipinski definition) is 4. The van der Waals surface area contributed by atoms with Crippen LogP contribution in [0.25, 0.3) is 10.4 Å². The Bertz CT molecular complexity index is 1060. The quantitative estimate of drug-likeness (QED) is 0.308. The third-order valence-corrected chi connectivity index (χ3v) is 9.16. The van der Waals surface area contributed by atoms with Crippen molar-refractivity contribution in [2.45, 2.75) is 32.3 Å². The maximum Gasteiger partial charge on any atom is 0.255 e. The number of nitrogen functional groups attached to an aromatic ring is 1. The van der Waals surface area contributed by atoms with Gasteiger partial charge in [0.05, 0.1) is 11.4 Å². The Morgan fingerprint density at radius 1 is 1.17 bits per heavy atom. The van der Waals surface area contributed by atoms with Crippen molar-refractivity contribution in [2.24, 2.45) is 0 Å². The van der Waals surface area contributed by atoms with E-state index in [0.717, 1.165) is 16.0 Å². The van der Waals surface area contributed by atoms with Gasteiger partial charge < -0.3 is 15.9 Å². The summed E-state index contributed by atoms with van der Waals surface area (Å²) in [6.07, 6.45) is 0.255. The molecule has 1 aromatic heterocycles. The molecule has 0 aliphatic carbocycles. The maximum atomic E-state index is 12.7. The minimum absolute atomic E-state index is 0.0870. The first-order valence-corrected chi connectivity index (χ1v) is 12.7. The van der Waals surface area contributed by atoms with E-state index in [1.165, 1.54) is 0 Å². The maximum absolute atomic E-state index is 12.7. The summed E-state index contributed by atoms with van der Waals surface area (Å²) in [4.78, 5) is 24.0. The number of nitrogens with two attached hydrogens (primary N) is 1. The van der Waals surface area contributed by atoms with Gasteiger partial charge in [0.25, 0.3) is 5.91 Å². The van der Waals surface area contributed by atoms with Gasteiger partial charge in [0.2, 0.25) is 7.37 Å². The second-order valence-electron chi connectivity index (χ2n) is 7.46. The standard InChI is InChI=1S/C23H27N2O3PS/c1-4-29(27,28)16(3)15(2)17-7-9-18(10-8-17)23(26)25-21-14-19(11-12-20(21)24)22-6-5-13-30-22/h5-16H,4,24H2,1-3H3,(H,25,26)(H,27,28). The molecular formula is C23H27N2O3PS. The number of carbonyl (C=O) groups is 1. The Labute approximate surface area is 181 Å². The summed E-state index contributed by atoms with van der Waals surface area (Å²) in [5.74, 6) is -0.338. The van der Waals surface area contributed by atoms with Crippen molar-refractivity contribution in [3.63, 3.8) is 0 Å². The lowest BCUT2D eigenvalue weighted by atomic mass is 9.97. The molecule has 3 aromatic rings. The number of rotatable bonds is 7. The van der Waals surface area contributed by atoms with Crippen LogP contribution in [-0.4, -0.2) is 22.6 Å². The van der Waals surface area contributed by atoms with Crippen molar-refractivity contribution in [1.82, 2.24) is 0 Å². The van der Waals surface area contributed by atoms with Crippen LogP contribution in [0.5, 0.6) is 0 Å². The summed E-state index contributed by atoms with van der Waals surface area (Å²) in [7, 11) is -3.19. The highest BCUT2D eigenvalue weighted by atomic mass is 32.1. The van der Waals surface area contributed by atoms with E-state index in [0.29, 0.717) is 16.9 Å². The highest BCUT2D eigenvalue weighted by molar-refractivity contribution is 7.58. The monoisotopic (exact) mass is 442 g/mol. The SMILES string of the molecule is CCP(=O)(O)C(C)C(C)c1ccc(C(=O)Nc2cc(-c3cccs3)ccc2N)cc1. The van der Waals surface area contributed by atoms with E-state index < -0.39 is 7.37 Å². The highest BCUT2D eigenvalue weighted by Crippen LogP contribution is 2.51. The average molecular weight is 443 g/mol. The molecule has 4 N–H and O–H groups in total. The van der Waals surface area contributed by atoms with Crippen molar-refractivity contribution < 1.29 is 14.3 Å². The first kappa shape index (κ1) is 22.3. The third-order valence-electron chi connectivity index (χ3n) is 5.62. The van der Waals surface area contributed by atoms with Crippen molar-refractivity contribution in [3.05, 3.63) is 71.1 Å². The summed E-state index contributed by atoms with van der Waals surface area (Å²) in [5.41, 5.74) is 9.22. The van der Waals surface area contributed by atoms with Crippen molar-refractivity contribution >= 4 is 36.0 Å². The van der Waals surface area contributed by atoms with Crippen molar-refractivity contribution in [1.29, 1.82) is 0 Å². The average Bonchev–Trinajstić information content (AvgIpc) is 3.29. The first-order chi connectivity index (χ1) is 14.2. The van der Waals surface area contributed by atoms with Gasteiger partial charge in [-0.25, -0.2) is 0 Å². The van der Waals surface area contributed by atoms with Crippen LogP contribution >= 0.6 is 18.7 Å². The van der Waals surface area contributed by atoms with Crippen LogP contribution in [0.1, 0.15) is 42.6 Å². The molecule has 3 rings (SSSR count). The van der Waals surface area contributed by atoms with Crippen LogP contribution < -0.4 is 11.1 Å². The van der Waals surface area contributed by atoms with Gasteiger partial charge in [0, 0.05) is 22.3 Å². The van der Waals surface area contributed by atoms with E-state index in [9.17, 15) is 14.3 Å². The summed E-state index contributed by atoms with van der Waals surface area (Å²) in [6.45, 7) is 5.48. The van der Waals surface area contributed by atoms with Gasteiger partial charge in [-0.05, 0) is 52.8 Å². The number of thiophene rings is 1. The van der Waals surface area contributed by atoms with Crippen LogP contribution in [0.3, 0.4) is 0 Å². The Kier molecular flexibility index (Phi) is 6.81. The van der Waals surface area contributed by atoms with Gasteiger partial charge in [-0.3, -0.25) is 9.36 Å². The zero-order valence-corrected chi connectivity index (χ0v) is 19.0. The zero-order chi connectivity index (χ0) is 21.9. The fourth-order valence-electron chi connectivity index (χ4n) is 3.31. The van der Waals surface area contributed by atoms with Crippen LogP contribution in [-0.2, 0) is 4.57 Å². The molecule has 158 valence electrons. The van der Waals surface area contributed by atoms with Gasteiger partial charge in [0.15, 0.2) is 0 Å². The topological polar surface area (TPSA) is 92.4 Å². The van der Waals surface area contributed by atoms with Crippen LogP contribution in [0.2, 0.25) is 0 Å². The zero-order valence-electron chi connectivity index (χ0n) is 17.3. The second kappa shape index (κ2) is 9.17. The number of benzene rings is 2. The Balaban J connectivity index is 1.76. The predicted molar refractivity (Wildman–Crippen MR) is 127 cm³/mol. The molecule has 0 fully saturated rings. The molecule has 0 aliphatic heterocycles. The molecule has 5 nitrogen and oxygen atoms in total. The summed E-state index contributed by atoms with van der Waals surface area (Å²) in [6, 6.07) is 16.8. The Morgan fingerprint density at radius 3 is 2.47 bits per heavy atom. The van der Waals surface area contributed by atoms with Crippen molar-refractivity contribution in [2.75, 3.05) is 17.2 Å². The van der Waals surface area contributed by atoms with Gasteiger partial charge in [-0.1, -0.05) is 45.0 Å².